The molecule has 2 aliphatic rings. The van der Waals surface area contributed by atoms with Crippen LogP contribution in [0.25, 0.3) is 0 Å². The van der Waals surface area contributed by atoms with Gasteiger partial charge in [-0.3, -0.25) is 0 Å². The molecule has 0 aliphatic heterocycles. The lowest BCUT2D eigenvalue weighted by Gasteiger charge is -2.39. The number of fused-ring (bicyclic) bond motifs is 1. The first-order valence-corrected chi connectivity index (χ1v) is 5.45. The summed E-state index contributed by atoms with van der Waals surface area (Å²) < 4.78 is 0. The van der Waals surface area contributed by atoms with Gasteiger partial charge in [0.1, 0.15) is 0 Å². The molecule has 2 rings (SSSR count). The first-order chi connectivity index (χ1) is 5.77. The van der Waals surface area contributed by atoms with E-state index in [1.165, 1.54) is 38.5 Å². The van der Waals surface area contributed by atoms with Crippen molar-refractivity contribution in [2.45, 2.75) is 45.4 Å². The first-order valence-electron chi connectivity index (χ1n) is 5.45. The van der Waals surface area contributed by atoms with Crippen molar-refractivity contribution < 1.29 is 0 Å². The van der Waals surface area contributed by atoms with Gasteiger partial charge in [0.25, 0.3) is 0 Å². The van der Waals surface area contributed by atoms with E-state index in [0.29, 0.717) is 0 Å². The molecule has 0 aromatic heterocycles. The van der Waals surface area contributed by atoms with Gasteiger partial charge in [0.05, 0.1) is 0 Å². The van der Waals surface area contributed by atoms with Gasteiger partial charge in [0, 0.05) is 0 Å². The molecule has 3 atom stereocenters. The smallest absolute Gasteiger partial charge is 0.0175 e. The van der Waals surface area contributed by atoms with E-state index in [-0.39, 0.29) is 0 Å². The third kappa shape index (κ3) is 1.44. The highest BCUT2D eigenvalue weighted by molar-refractivity contribution is 5.07. The second-order valence-corrected chi connectivity index (χ2v) is 4.84. The van der Waals surface area contributed by atoms with E-state index in [4.69, 9.17) is 0 Å². The summed E-state index contributed by atoms with van der Waals surface area (Å²) >= 11 is 0. The standard InChI is InChI=1S/C12H20/c1-9-6-7-11-5-3-4-10(2)12(11)8-9/h9,11-12H,2-8H2,1H3. The van der Waals surface area contributed by atoms with Gasteiger partial charge >= 0.3 is 0 Å². The maximum absolute atomic E-state index is 4.23. The highest BCUT2D eigenvalue weighted by atomic mass is 14.4. The largest absolute Gasteiger partial charge is 0.0996 e. The van der Waals surface area contributed by atoms with Gasteiger partial charge in [-0.15, -0.1) is 0 Å². The predicted octanol–water partition coefficient (Wildman–Crippen LogP) is 3.78. The van der Waals surface area contributed by atoms with E-state index >= 15 is 0 Å². The minimum Gasteiger partial charge on any atom is -0.0996 e. The quantitative estimate of drug-likeness (QED) is 0.478. The summed E-state index contributed by atoms with van der Waals surface area (Å²) in [5, 5.41) is 0. The van der Waals surface area contributed by atoms with Gasteiger partial charge in [-0.25, -0.2) is 0 Å². The van der Waals surface area contributed by atoms with Crippen LogP contribution in [0.15, 0.2) is 12.2 Å². The van der Waals surface area contributed by atoms with E-state index < -0.39 is 0 Å². The van der Waals surface area contributed by atoms with Crippen molar-refractivity contribution in [1.29, 1.82) is 0 Å². The minimum absolute atomic E-state index is 0.905. The third-order valence-corrected chi connectivity index (χ3v) is 3.85. The molecule has 68 valence electrons. The van der Waals surface area contributed by atoms with Crippen molar-refractivity contribution in [2.75, 3.05) is 0 Å². The Morgan fingerprint density at radius 3 is 2.92 bits per heavy atom. The molecule has 12 heavy (non-hydrogen) atoms. The average molecular weight is 164 g/mol. The summed E-state index contributed by atoms with van der Waals surface area (Å²) in [6.07, 6.45) is 8.58. The highest BCUT2D eigenvalue weighted by Gasteiger charge is 2.32. The SMILES string of the molecule is C=C1CCCC2CCC(C)CC12. The number of allylic oxidation sites excluding steroid dienone is 1. The number of hydrogen-bond donors (Lipinski definition) is 0. The van der Waals surface area contributed by atoms with Crippen LogP contribution in [0.2, 0.25) is 0 Å². The van der Waals surface area contributed by atoms with E-state index in [9.17, 15) is 0 Å². The molecular formula is C12H20. The molecule has 0 aromatic rings. The highest BCUT2D eigenvalue weighted by Crippen LogP contribution is 2.44. The Hall–Kier alpha value is -0.260. The van der Waals surface area contributed by atoms with Crippen LogP contribution in [0.4, 0.5) is 0 Å². The lowest BCUT2D eigenvalue weighted by molar-refractivity contribution is 0.182. The van der Waals surface area contributed by atoms with Gasteiger partial charge in [0.15, 0.2) is 0 Å². The fourth-order valence-electron chi connectivity index (χ4n) is 3.07. The van der Waals surface area contributed by atoms with Crippen molar-refractivity contribution in [3.05, 3.63) is 12.2 Å². The van der Waals surface area contributed by atoms with Gasteiger partial charge in [-0.1, -0.05) is 25.5 Å². The molecule has 0 spiro atoms. The van der Waals surface area contributed by atoms with Crippen LogP contribution in [0.1, 0.15) is 45.4 Å². The first kappa shape index (κ1) is 8.34. The summed E-state index contributed by atoms with van der Waals surface area (Å²) in [6.45, 7) is 6.63. The molecule has 2 aliphatic carbocycles. The van der Waals surface area contributed by atoms with Crippen molar-refractivity contribution >= 4 is 0 Å². The van der Waals surface area contributed by atoms with E-state index in [2.05, 4.69) is 13.5 Å². The molecule has 0 heterocycles. The Labute approximate surface area is 76.1 Å². The van der Waals surface area contributed by atoms with Crippen LogP contribution in [0.3, 0.4) is 0 Å². The van der Waals surface area contributed by atoms with Crippen LogP contribution in [0.5, 0.6) is 0 Å². The third-order valence-electron chi connectivity index (χ3n) is 3.85. The molecule has 0 amide bonds. The van der Waals surface area contributed by atoms with Crippen molar-refractivity contribution in [3.63, 3.8) is 0 Å². The number of hydrogen-bond acceptors (Lipinski definition) is 0. The lowest BCUT2D eigenvalue weighted by atomic mass is 9.66. The van der Waals surface area contributed by atoms with Crippen molar-refractivity contribution in [2.24, 2.45) is 17.8 Å². The summed E-state index contributed by atoms with van der Waals surface area (Å²) in [4.78, 5) is 0. The molecule has 0 aromatic carbocycles. The zero-order chi connectivity index (χ0) is 8.55. The van der Waals surface area contributed by atoms with E-state index in [0.717, 1.165) is 17.8 Å². The number of rotatable bonds is 0. The molecule has 0 radical (unpaired) electrons. The Kier molecular flexibility index (Phi) is 2.25. The molecule has 3 unspecified atom stereocenters. The van der Waals surface area contributed by atoms with Crippen LogP contribution >= 0.6 is 0 Å². The Bertz CT molecular complexity index is 180. The Morgan fingerprint density at radius 2 is 2.08 bits per heavy atom. The summed E-state index contributed by atoms with van der Waals surface area (Å²) in [5.41, 5.74) is 1.57. The van der Waals surface area contributed by atoms with Crippen molar-refractivity contribution in [3.8, 4) is 0 Å². The summed E-state index contributed by atoms with van der Waals surface area (Å²) in [5.74, 6) is 2.88. The molecular weight excluding hydrogens is 144 g/mol. The molecule has 0 N–H and O–H groups in total. The van der Waals surface area contributed by atoms with Crippen LogP contribution in [-0.4, -0.2) is 0 Å². The summed E-state index contributed by atoms with van der Waals surface area (Å²) in [6, 6.07) is 0. The molecule has 2 saturated carbocycles. The second-order valence-electron chi connectivity index (χ2n) is 4.84. The molecule has 0 saturated heterocycles. The topological polar surface area (TPSA) is 0 Å². The van der Waals surface area contributed by atoms with E-state index in [1.54, 1.807) is 5.57 Å². The molecule has 0 heteroatoms. The molecule has 0 bridgehead atoms. The van der Waals surface area contributed by atoms with Crippen LogP contribution in [0, 0.1) is 17.8 Å². The zero-order valence-electron chi connectivity index (χ0n) is 8.18. The van der Waals surface area contributed by atoms with E-state index in [1.807, 2.05) is 0 Å². The molecule has 0 nitrogen and oxygen atoms in total. The molecule has 2 fully saturated rings. The van der Waals surface area contributed by atoms with Gasteiger partial charge in [-0.2, -0.15) is 0 Å². The Morgan fingerprint density at radius 1 is 1.25 bits per heavy atom. The normalized spacial score (nSPS) is 42.4. The zero-order valence-corrected chi connectivity index (χ0v) is 8.18. The maximum Gasteiger partial charge on any atom is -0.0175 e. The average Bonchev–Trinajstić information content (AvgIpc) is 2.07. The lowest BCUT2D eigenvalue weighted by Crippen LogP contribution is -2.28. The van der Waals surface area contributed by atoms with Crippen LogP contribution in [-0.2, 0) is 0 Å². The van der Waals surface area contributed by atoms with Gasteiger partial charge in [-0.05, 0) is 49.9 Å². The van der Waals surface area contributed by atoms with Crippen LogP contribution < -0.4 is 0 Å². The van der Waals surface area contributed by atoms with Gasteiger partial charge < -0.3 is 0 Å². The fraction of sp³-hybridized carbons (Fsp3) is 0.833. The minimum atomic E-state index is 0.905. The fourth-order valence-corrected chi connectivity index (χ4v) is 3.07. The maximum atomic E-state index is 4.23. The predicted molar refractivity (Wildman–Crippen MR) is 53.0 cm³/mol. The second kappa shape index (κ2) is 3.24. The van der Waals surface area contributed by atoms with Gasteiger partial charge in [0.2, 0.25) is 0 Å². The monoisotopic (exact) mass is 164 g/mol. The summed E-state index contributed by atoms with van der Waals surface area (Å²) in [7, 11) is 0. The Balaban J connectivity index is 2.05. The van der Waals surface area contributed by atoms with Crippen molar-refractivity contribution in [1.82, 2.24) is 0 Å².